The highest BCUT2D eigenvalue weighted by Crippen LogP contribution is 2.48. The maximum absolute atomic E-state index is 11.8. The van der Waals surface area contributed by atoms with E-state index in [0.717, 1.165) is 12.8 Å². The molecule has 1 saturated heterocycles. The Kier molecular flexibility index (Phi) is 2.48. The van der Waals surface area contributed by atoms with E-state index in [4.69, 9.17) is 4.74 Å². The molecule has 2 rings (SSSR count). The van der Waals surface area contributed by atoms with Crippen LogP contribution in [0.25, 0.3) is 0 Å². The summed E-state index contributed by atoms with van der Waals surface area (Å²) in [4.78, 5) is 24.8. The van der Waals surface area contributed by atoms with Gasteiger partial charge in [0, 0.05) is 19.5 Å². The van der Waals surface area contributed by atoms with Gasteiger partial charge in [0.05, 0.1) is 5.41 Å². The Balaban J connectivity index is 1.95. The van der Waals surface area contributed by atoms with Gasteiger partial charge in [0.15, 0.2) is 0 Å². The summed E-state index contributed by atoms with van der Waals surface area (Å²) in [6.45, 7) is 6.83. The zero-order valence-electron chi connectivity index (χ0n) is 10.2. The Morgan fingerprint density at radius 1 is 1.44 bits per heavy atom. The number of carbonyl (C=O) groups excluding carboxylic acids is 2. The molecule has 1 spiro atoms. The van der Waals surface area contributed by atoms with Gasteiger partial charge in [-0.25, -0.2) is 4.79 Å². The van der Waals surface area contributed by atoms with Gasteiger partial charge in [0.2, 0.25) is 0 Å². The monoisotopic (exact) mass is 225 g/mol. The van der Waals surface area contributed by atoms with E-state index in [1.54, 1.807) is 4.90 Å². The average molecular weight is 225 g/mol. The third-order valence-corrected chi connectivity index (χ3v) is 3.19. The fourth-order valence-electron chi connectivity index (χ4n) is 2.25. The van der Waals surface area contributed by atoms with Crippen LogP contribution >= 0.6 is 0 Å². The Labute approximate surface area is 95.9 Å². The van der Waals surface area contributed by atoms with Crippen LogP contribution in [0.4, 0.5) is 4.79 Å². The largest absolute Gasteiger partial charge is 0.444 e. The molecule has 1 saturated carbocycles. The lowest BCUT2D eigenvalue weighted by atomic mass is 9.95. The number of piperidine rings is 1. The number of hydrogen-bond donors (Lipinski definition) is 0. The summed E-state index contributed by atoms with van der Waals surface area (Å²) in [5.41, 5.74) is -0.662. The second-order valence-corrected chi connectivity index (χ2v) is 5.89. The molecule has 16 heavy (non-hydrogen) atoms. The van der Waals surface area contributed by atoms with Crippen LogP contribution in [0.5, 0.6) is 0 Å². The van der Waals surface area contributed by atoms with E-state index in [1.165, 1.54) is 0 Å². The standard InChI is InChI=1S/C12H19NO3/c1-11(2,3)16-10(15)13-6-4-5-12(8-13)7-9(12)14/h4-8H2,1-3H3. The molecule has 2 aliphatic rings. The van der Waals surface area contributed by atoms with Crippen LogP contribution in [0.1, 0.15) is 40.0 Å². The normalized spacial score (nSPS) is 29.4. The van der Waals surface area contributed by atoms with Crippen molar-refractivity contribution in [3.63, 3.8) is 0 Å². The number of Topliss-reactive ketones (excluding diaryl/α,β-unsaturated/α-hetero) is 1. The minimum absolute atomic E-state index is 0.199. The van der Waals surface area contributed by atoms with Crippen molar-refractivity contribution < 1.29 is 14.3 Å². The maximum Gasteiger partial charge on any atom is 0.410 e. The summed E-state index contributed by atoms with van der Waals surface area (Å²) in [6, 6.07) is 0. The van der Waals surface area contributed by atoms with Gasteiger partial charge in [-0.15, -0.1) is 0 Å². The number of amides is 1. The van der Waals surface area contributed by atoms with Crippen molar-refractivity contribution in [3.05, 3.63) is 0 Å². The predicted molar refractivity (Wildman–Crippen MR) is 59.1 cm³/mol. The van der Waals surface area contributed by atoms with Crippen molar-refractivity contribution in [2.75, 3.05) is 13.1 Å². The van der Waals surface area contributed by atoms with Crippen molar-refractivity contribution >= 4 is 11.9 Å². The van der Waals surface area contributed by atoms with Crippen molar-refractivity contribution in [3.8, 4) is 0 Å². The molecule has 1 atom stereocenters. The highest BCUT2D eigenvalue weighted by atomic mass is 16.6. The van der Waals surface area contributed by atoms with Gasteiger partial charge in [0.25, 0.3) is 0 Å². The zero-order valence-corrected chi connectivity index (χ0v) is 10.2. The molecule has 1 amide bonds. The van der Waals surface area contributed by atoms with E-state index >= 15 is 0 Å². The van der Waals surface area contributed by atoms with Gasteiger partial charge in [-0.3, -0.25) is 4.79 Å². The van der Waals surface area contributed by atoms with E-state index in [-0.39, 0.29) is 11.5 Å². The summed E-state index contributed by atoms with van der Waals surface area (Å²) in [7, 11) is 0. The fourth-order valence-corrected chi connectivity index (χ4v) is 2.25. The lowest BCUT2D eigenvalue weighted by Gasteiger charge is -2.33. The highest BCUT2D eigenvalue weighted by molar-refractivity contribution is 6.01. The van der Waals surface area contributed by atoms with Gasteiger partial charge in [-0.2, -0.15) is 0 Å². The molecule has 1 aliphatic carbocycles. The second kappa shape index (κ2) is 3.47. The van der Waals surface area contributed by atoms with Crippen molar-refractivity contribution in [2.24, 2.45) is 5.41 Å². The molecule has 0 aromatic carbocycles. The van der Waals surface area contributed by atoms with Crippen molar-refractivity contribution in [1.29, 1.82) is 0 Å². The number of ketones is 1. The van der Waals surface area contributed by atoms with Crippen LogP contribution < -0.4 is 0 Å². The number of rotatable bonds is 0. The minimum atomic E-state index is -0.463. The third kappa shape index (κ3) is 2.20. The third-order valence-electron chi connectivity index (χ3n) is 3.19. The summed E-state index contributed by atoms with van der Waals surface area (Å²) >= 11 is 0. The maximum atomic E-state index is 11.8. The first-order valence-electron chi connectivity index (χ1n) is 5.84. The molecule has 0 radical (unpaired) electrons. The van der Waals surface area contributed by atoms with Gasteiger partial charge in [-0.05, 0) is 33.6 Å². The first-order chi connectivity index (χ1) is 7.32. The molecule has 4 heteroatoms. The highest BCUT2D eigenvalue weighted by Gasteiger charge is 2.56. The zero-order chi connectivity index (χ0) is 12.0. The van der Waals surface area contributed by atoms with Crippen molar-refractivity contribution in [2.45, 2.75) is 45.6 Å². The summed E-state index contributed by atoms with van der Waals surface area (Å²) < 4.78 is 5.31. The summed E-state index contributed by atoms with van der Waals surface area (Å²) in [5, 5.41) is 0. The lowest BCUT2D eigenvalue weighted by Crippen LogP contribution is -2.44. The van der Waals surface area contributed by atoms with Crippen molar-refractivity contribution in [1.82, 2.24) is 4.90 Å². The van der Waals surface area contributed by atoms with E-state index in [1.807, 2.05) is 20.8 Å². The molecule has 0 aromatic rings. The molecule has 0 aromatic heterocycles. The second-order valence-electron chi connectivity index (χ2n) is 5.89. The van der Waals surface area contributed by atoms with Crippen LogP contribution in [-0.4, -0.2) is 35.5 Å². The van der Waals surface area contributed by atoms with E-state index < -0.39 is 5.60 Å². The molecule has 1 aliphatic heterocycles. The van der Waals surface area contributed by atoms with E-state index in [9.17, 15) is 9.59 Å². The quantitative estimate of drug-likeness (QED) is 0.633. The van der Waals surface area contributed by atoms with Gasteiger partial charge >= 0.3 is 6.09 Å². The molecular formula is C12H19NO3. The molecular weight excluding hydrogens is 206 g/mol. The molecule has 90 valence electrons. The van der Waals surface area contributed by atoms with E-state index in [2.05, 4.69) is 0 Å². The van der Waals surface area contributed by atoms with Crippen LogP contribution in [0, 0.1) is 5.41 Å². The van der Waals surface area contributed by atoms with Crippen LogP contribution in [-0.2, 0) is 9.53 Å². The van der Waals surface area contributed by atoms with E-state index in [0.29, 0.717) is 25.3 Å². The number of nitrogens with zero attached hydrogens (tertiary/aromatic N) is 1. The van der Waals surface area contributed by atoms with Crippen LogP contribution in [0.3, 0.4) is 0 Å². The Morgan fingerprint density at radius 2 is 2.06 bits per heavy atom. The summed E-state index contributed by atoms with van der Waals surface area (Å²) in [5.74, 6) is 0.306. The Morgan fingerprint density at radius 3 is 2.56 bits per heavy atom. The average Bonchev–Trinajstić information content (AvgIpc) is 2.73. The molecule has 0 bridgehead atoms. The smallest absolute Gasteiger partial charge is 0.410 e. The van der Waals surface area contributed by atoms with Gasteiger partial charge < -0.3 is 9.64 Å². The first kappa shape index (κ1) is 11.4. The number of carbonyl (C=O) groups is 2. The Bertz CT molecular complexity index is 332. The number of ether oxygens (including phenoxy) is 1. The number of hydrogen-bond acceptors (Lipinski definition) is 3. The Hall–Kier alpha value is -1.06. The van der Waals surface area contributed by atoms with Gasteiger partial charge in [-0.1, -0.05) is 0 Å². The molecule has 4 nitrogen and oxygen atoms in total. The minimum Gasteiger partial charge on any atom is -0.444 e. The fraction of sp³-hybridized carbons (Fsp3) is 0.833. The molecule has 0 N–H and O–H groups in total. The summed E-state index contributed by atoms with van der Waals surface area (Å²) in [6.07, 6.45) is 2.20. The van der Waals surface area contributed by atoms with Crippen LogP contribution in [0.15, 0.2) is 0 Å². The molecule has 1 unspecified atom stereocenters. The van der Waals surface area contributed by atoms with Crippen LogP contribution in [0.2, 0.25) is 0 Å². The SMILES string of the molecule is CC(C)(C)OC(=O)N1CCCC2(CC2=O)C1. The number of likely N-dealkylation sites (tertiary alicyclic amines) is 1. The topological polar surface area (TPSA) is 46.6 Å². The molecule has 2 fully saturated rings. The predicted octanol–water partition coefficient (Wildman–Crippen LogP) is 1.98. The van der Waals surface area contributed by atoms with Gasteiger partial charge in [0.1, 0.15) is 11.4 Å². The lowest BCUT2D eigenvalue weighted by molar-refractivity contribution is -0.113. The molecule has 1 heterocycles. The first-order valence-corrected chi connectivity index (χ1v) is 5.84.